The Kier molecular flexibility index (Phi) is 3.89. The van der Waals surface area contributed by atoms with Crippen LogP contribution in [0.4, 0.5) is 0 Å². The normalized spacial score (nSPS) is 10.3. The zero-order valence-corrected chi connectivity index (χ0v) is 11.2. The summed E-state index contributed by atoms with van der Waals surface area (Å²) in [4.78, 5) is 12.1. The number of hydrogen-bond donors (Lipinski definition) is 4. The fourth-order valence-electron chi connectivity index (χ4n) is 1.91. The van der Waals surface area contributed by atoms with Crippen molar-refractivity contribution in [1.29, 1.82) is 0 Å². The standard InChI is InChI=1S/C15H14O6/c1-21-13-7-8(2-4-10(13)16)6-12(18)9-3-5-11(17)15(20)14(9)19/h2-5,7,16-17,19-20H,6H2,1H3. The Hall–Kier alpha value is -2.89. The van der Waals surface area contributed by atoms with Gasteiger partial charge in [-0.3, -0.25) is 4.79 Å². The van der Waals surface area contributed by atoms with Crippen molar-refractivity contribution in [3.63, 3.8) is 0 Å². The fourth-order valence-corrected chi connectivity index (χ4v) is 1.91. The Bertz CT molecular complexity index is 693. The van der Waals surface area contributed by atoms with E-state index in [9.17, 15) is 25.2 Å². The predicted molar refractivity (Wildman–Crippen MR) is 74.1 cm³/mol. The van der Waals surface area contributed by atoms with Gasteiger partial charge < -0.3 is 25.2 Å². The number of hydrogen-bond acceptors (Lipinski definition) is 6. The maximum atomic E-state index is 12.1. The van der Waals surface area contributed by atoms with Crippen molar-refractivity contribution in [3.8, 4) is 28.7 Å². The summed E-state index contributed by atoms with van der Waals surface area (Å²) >= 11 is 0. The summed E-state index contributed by atoms with van der Waals surface area (Å²) in [6.07, 6.45) is -0.0611. The van der Waals surface area contributed by atoms with Crippen molar-refractivity contribution in [1.82, 2.24) is 0 Å². The first-order valence-electron chi connectivity index (χ1n) is 6.07. The van der Waals surface area contributed by atoms with Crippen LogP contribution >= 0.6 is 0 Å². The van der Waals surface area contributed by atoms with Crippen molar-refractivity contribution in [2.75, 3.05) is 7.11 Å². The third kappa shape index (κ3) is 2.84. The monoisotopic (exact) mass is 290 g/mol. The Morgan fingerprint density at radius 2 is 1.67 bits per heavy atom. The Labute approximate surface area is 120 Å². The predicted octanol–water partition coefficient (Wildman–Crippen LogP) is 1.94. The van der Waals surface area contributed by atoms with Gasteiger partial charge in [0, 0.05) is 6.42 Å². The lowest BCUT2D eigenvalue weighted by Crippen LogP contribution is -2.04. The van der Waals surface area contributed by atoms with Crippen LogP contribution in [0.1, 0.15) is 15.9 Å². The first-order chi connectivity index (χ1) is 9.93. The molecular formula is C15H14O6. The molecule has 2 aromatic rings. The van der Waals surface area contributed by atoms with Crippen LogP contribution in [0.15, 0.2) is 30.3 Å². The van der Waals surface area contributed by atoms with E-state index in [0.717, 1.165) is 6.07 Å². The lowest BCUT2D eigenvalue weighted by molar-refractivity contribution is 0.0989. The summed E-state index contributed by atoms with van der Waals surface area (Å²) in [5.41, 5.74) is 0.471. The minimum absolute atomic E-state index is 0.0428. The molecule has 0 aliphatic rings. The molecule has 0 fully saturated rings. The van der Waals surface area contributed by atoms with Crippen LogP contribution in [0.2, 0.25) is 0 Å². The topological polar surface area (TPSA) is 107 Å². The van der Waals surface area contributed by atoms with E-state index in [1.165, 1.54) is 25.3 Å². The average Bonchev–Trinajstić information content (AvgIpc) is 2.46. The largest absolute Gasteiger partial charge is 0.504 e. The molecule has 0 saturated carbocycles. The number of carbonyl (C=O) groups excluding carboxylic acids is 1. The third-order valence-electron chi connectivity index (χ3n) is 3.04. The van der Waals surface area contributed by atoms with E-state index >= 15 is 0 Å². The Balaban J connectivity index is 2.28. The number of methoxy groups -OCH3 is 1. The smallest absolute Gasteiger partial charge is 0.201 e. The van der Waals surface area contributed by atoms with Crippen LogP contribution in [0, 0.1) is 0 Å². The minimum atomic E-state index is -0.732. The van der Waals surface area contributed by atoms with Crippen LogP contribution in [0.3, 0.4) is 0 Å². The Morgan fingerprint density at radius 3 is 2.33 bits per heavy atom. The molecule has 0 aliphatic carbocycles. The molecule has 0 radical (unpaired) electrons. The first-order valence-corrected chi connectivity index (χ1v) is 6.07. The second-order valence-electron chi connectivity index (χ2n) is 4.44. The number of carbonyl (C=O) groups is 1. The van der Waals surface area contributed by atoms with Crippen LogP contribution in [0.25, 0.3) is 0 Å². The molecule has 0 spiro atoms. The molecule has 0 atom stereocenters. The van der Waals surface area contributed by atoms with E-state index in [1.807, 2.05) is 0 Å². The second kappa shape index (κ2) is 5.62. The van der Waals surface area contributed by atoms with Crippen molar-refractivity contribution in [3.05, 3.63) is 41.5 Å². The summed E-state index contributed by atoms with van der Waals surface area (Å²) in [7, 11) is 1.39. The maximum Gasteiger partial charge on any atom is 0.201 e. The molecule has 0 bridgehead atoms. The highest BCUT2D eigenvalue weighted by Gasteiger charge is 2.18. The van der Waals surface area contributed by atoms with Crippen molar-refractivity contribution in [2.45, 2.75) is 6.42 Å². The van der Waals surface area contributed by atoms with Crippen LogP contribution < -0.4 is 4.74 Å². The summed E-state index contributed by atoms with van der Waals surface area (Å²) in [6.45, 7) is 0. The van der Waals surface area contributed by atoms with Gasteiger partial charge >= 0.3 is 0 Å². The quantitative estimate of drug-likeness (QED) is 0.506. The molecule has 0 heterocycles. The number of ether oxygens (including phenoxy) is 1. The van der Waals surface area contributed by atoms with Crippen molar-refractivity contribution >= 4 is 5.78 Å². The molecule has 6 heteroatoms. The lowest BCUT2D eigenvalue weighted by atomic mass is 10.0. The molecule has 2 aromatic carbocycles. The van der Waals surface area contributed by atoms with Crippen molar-refractivity contribution in [2.24, 2.45) is 0 Å². The number of rotatable bonds is 4. The third-order valence-corrected chi connectivity index (χ3v) is 3.04. The molecular weight excluding hydrogens is 276 g/mol. The van der Waals surface area contributed by atoms with E-state index < -0.39 is 23.0 Å². The summed E-state index contributed by atoms with van der Waals surface area (Å²) in [5.74, 6) is -2.15. The highest BCUT2D eigenvalue weighted by molar-refractivity contribution is 6.01. The van der Waals surface area contributed by atoms with E-state index in [2.05, 4.69) is 0 Å². The lowest BCUT2D eigenvalue weighted by Gasteiger charge is -2.08. The van der Waals surface area contributed by atoms with Gasteiger partial charge in [-0.2, -0.15) is 0 Å². The zero-order chi connectivity index (χ0) is 15.6. The number of phenolic OH excluding ortho intramolecular Hbond substituents is 4. The molecule has 0 aliphatic heterocycles. The van der Waals surface area contributed by atoms with E-state index in [4.69, 9.17) is 4.74 Å². The second-order valence-corrected chi connectivity index (χ2v) is 4.44. The first kappa shape index (κ1) is 14.5. The van der Waals surface area contributed by atoms with Gasteiger partial charge in [-0.15, -0.1) is 0 Å². The number of benzene rings is 2. The molecule has 110 valence electrons. The van der Waals surface area contributed by atoms with Gasteiger partial charge in [0.05, 0.1) is 12.7 Å². The van der Waals surface area contributed by atoms with Gasteiger partial charge in [-0.1, -0.05) is 6.07 Å². The highest BCUT2D eigenvalue weighted by atomic mass is 16.5. The van der Waals surface area contributed by atoms with E-state index in [1.54, 1.807) is 6.07 Å². The van der Waals surface area contributed by atoms with E-state index in [0.29, 0.717) is 5.56 Å². The molecule has 0 saturated heterocycles. The summed E-state index contributed by atoms with van der Waals surface area (Å²) in [6, 6.07) is 6.80. The van der Waals surface area contributed by atoms with Crippen LogP contribution in [0.5, 0.6) is 28.7 Å². The van der Waals surface area contributed by atoms with Gasteiger partial charge in [0.2, 0.25) is 5.75 Å². The van der Waals surface area contributed by atoms with Gasteiger partial charge in [0.25, 0.3) is 0 Å². The molecule has 6 nitrogen and oxygen atoms in total. The summed E-state index contributed by atoms with van der Waals surface area (Å²) < 4.78 is 4.95. The molecule has 2 rings (SSSR count). The number of aromatic hydroxyl groups is 4. The number of ketones is 1. The highest BCUT2D eigenvalue weighted by Crippen LogP contribution is 2.37. The van der Waals surface area contributed by atoms with Crippen LogP contribution in [-0.4, -0.2) is 33.3 Å². The maximum absolute atomic E-state index is 12.1. The molecule has 21 heavy (non-hydrogen) atoms. The van der Waals surface area contributed by atoms with E-state index in [-0.39, 0.29) is 23.5 Å². The molecule has 0 aromatic heterocycles. The number of phenols is 4. The minimum Gasteiger partial charge on any atom is -0.504 e. The Morgan fingerprint density at radius 1 is 1.00 bits per heavy atom. The van der Waals surface area contributed by atoms with Gasteiger partial charge in [0.1, 0.15) is 0 Å². The average molecular weight is 290 g/mol. The zero-order valence-electron chi connectivity index (χ0n) is 11.2. The molecule has 0 unspecified atom stereocenters. The van der Waals surface area contributed by atoms with Gasteiger partial charge in [-0.05, 0) is 29.8 Å². The number of Topliss-reactive ketones (excluding diaryl/α,β-unsaturated/α-hetero) is 1. The van der Waals surface area contributed by atoms with Gasteiger partial charge in [0.15, 0.2) is 28.8 Å². The van der Waals surface area contributed by atoms with Gasteiger partial charge in [-0.25, -0.2) is 0 Å². The summed E-state index contributed by atoms with van der Waals surface area (Å²) in [5, 5.41) is 37.8. The fraction of sp³-hybridized carbons (Fsp3) is 0.133. The SMILES string of the molecule is COc1cc(CC(=O)c2ccc(O)c(O)c2O)ccc1O. The van der Waals surface area contributed by atoms with Crippen molar-refractivity contribution < 1.29 is 30.0 Å². The van der Waals surface area contributed by atoms with Crippen LogP contribution in [-0.2, 0) is 6.42 Å². The molecule has 0 amide bonds. The molecule has 4 N–H and O–H groups in total.